The maximum Gasteiger partial charge on any atom is 0.274 e. The molecule has 0 amide bonds. The molecule has 0 aliphatic rings. The number of para-hydroxylation sites is 1. The van der Waals surface area contributed by atoms with Crippen molar-refractivity contribution in [2.75, 3.05) is 0 Å². The van der Waals surface area contributed by atoms with E-state index >= 15 is 0 Å². The molecule has 0 saturated heterocycles. The van der Waals surface area contributed by atoms with Crippen molar-refractivity contribution >= 4 is 11.5 Å². The minimum absolute atomic E-state index is 0.0238. The lowest BCUT2D eigenvalue weighted by atomic mass is 9.94. The number of nitro groups is 1. The molecule has 1 unspecified atom stereocenters. The predicted octanol–water partition coefficient (Wildman–Crippen LogP) is 2.02. The van der Waals surface area contributed by atoms with Crippen LogP contribution in [0.2, 0.25) is 0 Å². The fraction of sp³-hybridized carbons (Fsp3) is 0.250. The zero-order valence-electron chi connectivity index (χ0n) is 10.1. The van der Waals surface area contributed by atoms with Crippen LogP contribution in [0.25, 0.3) is 0 Å². The number of nitrogens with zero attached hydrogens (tertiary/aromatic N) is 1. The third kappa shape index (κ3) is 2.72. The summed E-state index contributed by atoms with van der Waals surface area (Å²) in [6.45, 7) is 2.58. The van der Waals surface area contributed by atoms with Crippen molar-refractivity contribution in [2.24, 2.45) is 5.73 Å². The van der Waals surface area contributed by atoms with E-state index in [0.717, 1.165) is 0 Å². The SMILES string of the molecule is CC(=O)/C(=C(\C)O)C(N)c1ccccc1[N+](=O)[O-]. The number of hydrogen-bond acceptors (Lipinski definition) is 5. The average Bonchev–Trinajstić information content (AvgIpc) is 2.27. The van der Waals surface area contributed by atoms with E-state index in [0.29, 0.717) is 0 Å². The van der Waals surface area contributed by atoms with Gasteiger partial charge in [-0.2, -0.15) is 0 Å². The molecule has 96 valence electrons. The third-order valence-electron chi connectivity index (χ3n) is 2.55. The van der Waals surface area contributed by atoms with Gasteiger partial charge in [0.15, 0.2) is 5.78 Å². The Morgan fingerprint density at radius 1 is 1.39 bits per heavy atom. The zero-order chi connectivity index (χ0) is 13.9. The number of nitro benzene ring substituents is 1. The highest BCUT2D eigenvalue weighted by molar-refractivity contribution is 5.95. The Bertz CT molecular complexity index is 519. The molecule has 0 aromatic heterocycles. The molecule has 0 saturated carbocycles. The van der Waals surface area contributed by atoms with E-state index in [9.17, 15) is 20.0 Å². The van der Waals surface area contributed by atoms with Crippen molar-refractivity contribution < 1.29 is 14.8 Å². The first-order valence-electron chi connectivity index (χ1n) is 5.25. The summed E-state index contributed by atoms with van der Waals surface area (Å²) in [5.41, 5.74) is 5.83. The lowest BCUT2D eigenvalue weighted by Crippen LogP contribution is -2.20. The Balaban J connectivity index is 3.35. The second kappa shape index (κ2) is 5.42. The quantitative estimate of drug-likeness (QED) is 0.368. The van der Waals surface area contributed by atoms with Crippen LogP contribution in [0.4, 0.5) is 5.69 Å². The number of carbonyl (C=O) groups is 1. The van der Waals surface area contributed by atoms with Crippen LogP contribution >= 0.6 is 0 Å². The lowest BCUT2D eigenvalue weighted by molar-refractivity contribution is -0.385. The number of allylic oxidation sites excluding steroid dienone is 1. The number of ketones is 1. The zero-order valence-corrected chi connectivity index (χ0v) is 10.1. The van der Waals surface area contributed by atoms with Crippen LogP contribution in [0, 0.1) is 10.1 Å². The molecule has 6 heteroatoms. The fourth-order valence-electron chi connectivity index (χ4n) is 1.77. The van der Waals surface area contributed by atoms with Crippen LogP contribution in [-0.4, -0.2) is 15.8 Å². The van der Waals surface area contributed by atoms with Gasteiger partial charge in [-0.15, -0.1) is 0 Å². The molecule has 1 aromatic carbocycles. The average molecular weight is 250 g/mol. The fourth-order valence-corrected chi connectivity index (χ4v) is 1.77. The standard InChI is InChI=1S/C12H14N2O4/c1-7(15)11(8(2)16)12(13)9-5-3-4-6-10(9)14(17)18/h3-6,12,15H,13H2,1-2H3/b11-7-. The van der Waals surface area contributed by atoms with Crippen molar-refractivity contribution in [1.29, 1.82) is 0 Å². The van der Waals surface area contributed by atoms with Gasteiger partial charge in [0.05, 0.1) is 27.9 Å². The lowest BCUT2D eigenvalue weighted by Gasteiger charge is -2.15. The summed E-state index contributed by atoms with van der Waals surface area (Å²) in [7, 11) is 0. The third-order valence-corrected chi connectivity index (χ3v) is 2.55. The predicted molar refractivity (Wildman–Crippen MR) is 66.0 cm³/mol. The van der Waals surface area contributed by atoms with Crippen molar-refractivity contribution in [3.8, 4) is 0 Å². The first-order chi connectivity index (χ1) is 8.36. The molecule has 1 atom stereocenters. The molecule has 0 bridgehead atoms. The van der Waals surface area contributed by atoms with Gasteiger partial charge in [-0.3, -0.25) is 14.9 Å². The summed E-state index contributed by atoms with van der Waals surface area (Å²) < 4.78 is 0. The van der Waals surface area contributed by atoms with Crippen molar-refractivity contribution in [3.63, 3.8) is 0 Å². The Kier molecular flexibility index (Phi) is 4.17. The first-order valence-corrected chi connectivity index (χ1v) is 5.25. The van der Waals surface area contributed by atoms with Gasteiger partial charge in [0.2, 0.25) is 0 Å². The van der Waals surface area contributed by atoms with Crippen LogP contribution in [0.5, 0.6) is 0 Å². The van der Waals surface area contributed by atoms with Gasteiger partial charge in [-0.05, 0) is 13.8 Å². The Hall–Kier alpha value is -2.21. The number of hydrogen-bond donors (Lipinski definition) is 2. The maximum atomic E-state index is 11.4. The van der Waals surface area contributed by atoms with Crippen molar-refractivity contribution in [3.05, 3.63) is 51.3 Å². The molecule has 0 heterocycles. The largest absolute Gasteiger partial charge is 0.512 e. The highest BCUT2D eigenvalue weighted by atomic mass is 16.6. The smallest absolute Gasteiger partial charge is 0.274 e. The van der Waals surface area contributed by atoms with Gasteiger partial charge in [0, 0.05) is 6.07 Å². The molecule has 0 aliphatic carbocycles. The molecule has 1 aromatic rings. The normalized spacial score (nSPS) is 13.7. The molecule has 0 fully saturated rings. The number of carbonyl (C=O) groups excluding carboxylic acids is 1. The topological polar surface area (TPSA) is 106 Å². The molecular formula is C12H14N2O4. The number of Topliss-reactive ketones (excluding diaryl/α,β-unsaturated/α-hetero) is 1. The van der Waals surface area contributed by atoms with Gasteiger partial charge in [0.1, 0.15) is 0 Å². The highest BCUT2D eigenvalue weighted by Gasteiger charge is 2.25. The summed E-state index contributed by atoms with van der Waals surface area (Å²) in [6, 6.07) is 4.85. The van der Waals surface area contributed by atoms with E-state index in [1.807, 2.05) is 0 Å². The van der Waals surface area contributed by atoms with E-state index in [4.69, 9.17) is 5.73 Å². The molecule has 0 radical (unpaired) electrons. The Morgan fingerprint density at radius 2 is 1.94 bits per heavy atom. The van der Waals surface area contributed by atoms with E-state index < -0.39 is 16.7 Å². The Morgan fingerprint density at radius 3 is 2.39 bits per heavy atom. The summed E-state index contributed by atoms with van der Waals surface area (Å²) in [4.78, 5) is 21.7. The molecule has 6 nitrogen and oxygen atoms in total. The number of rotatable bonds is 4. The molecule has 18 heavy (non-hydrogen) atoms. The van der Waals surface area contributed by atoms with E-state index in [2.05, 4.69) is 0 Å². The number of benzene rings is 1. The highest BCUT2D eigenvalue weighted by Crippen LogP contribution is 2.29. The number of aliphatic hydroxyl groups excluding tert-OH is 1. The minimum Gasteiger partial charge on any atom is -0.512 e. The molecule has 1 rings (SSSR count). The molecular weight excluding hydrogens is 236 g/mol. The van der Waals surface area contributed by atoms with Gasteiger partial charge in [-0.1, -0.05) is 18.2 Å². The van der Waals surface area contributed by atoms with Crippen molar-refractivity contribution in [1.82, 2.24) is 0 Å². The van der Waals surface area contributed by atoms with E-state index in [1.54, 1.807) is 6.07 Å². The first kappa shape index (κ1) is 13.9. The summed E-state index contributed by atoms with van der Waals surface area (Å²) in [6.07, 6.45) is 0. The summed E-state index contributed by atoms with van der Waals surface area (Å²) in [5, 5.41) is 20.3. The monoisotopic (exact) mass is 250 g/mol. The Labute approximate surface area is 104 Å². The minimum atomic E-state index is -1.02. The summed E-state index contributed by atoms with van der Waals surface area (Å²) in [5.74, 6) is -0.645. The van der Waals surface area contributed by atoms with Crippen molar-refractivity contribution in [2.45, 2.75) is 19.9 Å². The number of aliphatic hydroxyl groups is 1. The van der Waals surface area contributed by atoms with E-state index in [1.165, 1.54) is 32.0 Å². The molecule has 0 spiro atoms. The summed E-state index contributed by atoms with van der Waals surface area (Å²) >= 11 is 0. The van der Waals surface area contributed by atoms with Crippen LogP contribution in [0.15, 0.2) is 35.6 Å². The molecule has 3 N–H and O–H groups in total. The van der Waals surface area contributed by atoms with Gasteiger partial charge in [0.25, 0.3) is 5.69 Å². The maximum absolute atomic E-state index is 11.4. The van der Waals surface area contributed by atoms with Crippen LogP contribution in [0.3, 0.4) is 0 Å². The van der Waals surface area contributed by atoms with Crippen LogP contribution in [0.1, 0.15) is 25.5 Å². The van der Waals surface area contributed by atoms with E-state index in [-0.39, 0.29) is 22.6 Å². The molecule has 0 aliphatic heterocycles. The van der Waals surface area contributed by atoms with Gasteiger partial charge in [-0.25, -0.2) is 0 Å². The van der Waals surface area contributed by atoms with Crippen LogP contribution < -0.4 is 5.73 Å². The van der Waals surface area contributed by atoms with Crippen LogP contribution in [-0.2, 0) is 4.79 Å². The number of nitrogens with two attached hydrogens (primary N) is 1. The van der Waals surface area contributed by atoms with Gasteiger partial charge >= 0.3 is 0 Å². The van der Waals surface area contributed by atoms with Gasteiger partial charge < -0.3 is 10.8 Å². The second-order valence-electron chi connectivity index (χ2n) is 3.85. The second-order valence-corrected chi connectivity index (χ2v) is 3.85.